The van der Waals surface area contributed by atoms with Crippen molar-refractivity contribution in [2.45, 2.75) is 51.1 Å². The number of hydrogen-bond donors (Lipinski definition) is 2. The third-order valence-electron chi connectivity index (χ3n) is 3.07. The number of amides is 1. The molecule has 2 N–H and O–H groups in total. The first-order valence-corrected chi connectivity index (χ1v) is 5.78. The molecule has 0 spiro atoms. The van der Waals surface area contributed by atoms with Gasteiger partial charge < -0.3 is 10.4 Å². The summed E-state index contributed by atoms with van der Waals surface area (Å²) in [6, 6.07) is 0. The van der Waals surface area contributed by atoms with E-state index in [4.69, 9.17) is 0 Å². The molecular weight excluding hydrogens is 216 g/mol. The minimum absolute atomic E-state index is 0.206. The predicted octanol–water partition coefficient (Wildman–Crippen LogP) is 1.70. The summed E-state index contributed by atoms with van der Waals surface area (Å²) in [6.07, 6.45) is 0.0857. The van der Waals surface area contributed by atoms with Crippen molar-refractivity contribution in [3.63, 3.8) is 0 Å². The molecule has 0 heterocycles. The zero-order valence-corrected chi connectivity index (χ0v) is 9.51. The Morgan fingerprint density at radius 1 is 1.50 bits per heavy atom. The quantitative estimate of drug-likeness (QED) is 0.779. The normalized spacial score (nSPS) is 22.8. The van der Waals surface area contributed by atoms with Crippen molar-refractivity contribution in [3.05, 3.63) is 0 Å². The van der Waals surface area contributed by atoms with E-state index in [2.05, 4.69) is 5.32 Å². The summed E-state index contributed by atoms with van der Waals surface area (Å²) in [5.74, 6) is -3.12. The van der Waals surface area contributed by atoms with E-state index in [1.807, 2.05) is 6.92 Å². The summed E-state index contributed by atoms with van der Waals surface area (Å²) in [5, 5.41) is 11.9. The maximum absolute atomic E-state index is 12.8. The summed E-state index contributed by atoms with van der Waals surface area (Å²) in [4.78, 5) is 11.6. The average Bonchev–Trinajstić information content (AvgIpc) is 2.25. The molecule has 94 valence electrons. The van der Waals surface area contributed by atoms with Gasteiger partial charge in [0.2, 0.25) is 11.8 Å². The van der Waals surface area contributed by atoms with Crippen LogP contribution in [-0.2, 0) is 4.79 Å². The van der Waals surface area contributed by atoms with Gasteiger partial charge in [-0.3, -0.25) is 4.79 Å². The molecule has 0 aromatic rings. The van der Waals surface area contributed by atoms with Gasteiger partial charge >= 0.3 is 0 Å². The molecule has 1 atom stereocenters. The molecule has 0 aromatic carbocycles. The molecule has 1 rings (SSSR count). The van der Waals surface area contributed by atoms with E-state index < -0.39 is 12.0 Å². The van der Waals surface area contributed by atoms with Crippen LogP contribution in [0, 0.1) is 5.92 Å². The fraction of sp³-hybridized carbons (Fsp3) is 0.909. The average molecular weight is 235 g/mol. The third kappa shape index (κ3) is 4.04. The van der Waals surface area contributed by atoms with Crippen LogP contribution in [0.15, 0.2) is 0 Å². The zero-order chi connectivity index (χ0) is 12.2. The minimum Gasteiger partial charge on any atom is -0.391 e. The molecule has 1 aliphatic carbocycles. The van der Waals surface area contributed by atoms with Gasteiger partial charge in [0, 0.05) is 25.3 Å². The number of carbonyl (C=O) groups is 1. The van der Waals surface area contributed by atoms with E-state index >= 15 is 0 Å². The Balaban J connectivity index is 2.28. The molecule has 0 saturated heterocycles. The molecule has 1 aliphatic rings. The van der Waals surface area contributed by atoms with Crippen LogP contribution in [0.4, 0.5) is 8.78 Å². The number of hydrogen-bond acceptors (Lipinski definition) is 2. The standard InChI is InChI=1S/C11H19F2NO2/c1-2-9(15)7-14-10(16)8-3-5-11(12,13)6-4-8/h8-9,15H,2-7H2,1H3,(H,14,16). The van der Waals surface area contributed by atoms with Crippen molar-refractivity contribution < 1.29 is 18.7 Å². The first kappa shape index (κ1) is 13.4. The number of aliphatic hydroxyl groups excluding tert-OH is 1. The van der Waals surface area contributed by atoms with Crippen LogP contribution in [0.1, 0.15) is 39.0 Å². The summed E-state index contributed by atoms with van der Waals surface area (Å²) in [5.41, 5.74) is 0. The zero-order valence-electron chi connectivity index (χ0n) is 9.51. The Bertz CT molecular complexity index is 236. The molecule has 16 heavy (non-hydrogen) atoms. The van der Waals surface area contributed by atoms with Gasteiger partial charge in [-0.25, -0.2) is 8.78 Å². The number of nitrogens with one attached hydrogen (secondary N) is 1. The Hall–Kier alpha value is -0.710. The molecule has 3 nitrogen and oxygen atoms in total. The molecule has 0 aliphatic heterocycles. The van der Waals surface area contributed by atoms with Crippen molar-refractivity contribution in [2.24, 2.45) is 5.92 Å². The Labute approximate surface area is 94.2 Å². The second kappa shape index (κ2) is 5.57. The van der Waals surface area contributed by atoms with Crippen molar-refractivity contribution in [2.75, 3.05) is 6.54 Å². The molecule has 0 aromatic heterocycles. The van der Waals surface area contributed by atoms with E-state index in [1.54, 1.807) is 0 Å². The van der Waals surface area contributed by atoms with Gasteiger partial charge in [-0.2, -0.15) is 0 Å². The lowest BCUT2D eigenvalue weighted by atomic mass is 9.86. The van der Waals surface area contributed by atoms with Gasteiger partial charge in [0.25, 0.3) is 0 Å². The summed E-state index contributed by atoms with van der Waals surface area (Å²) in [6.45, 7) is 2.03. The number of rotatable bonds is 4. The fourth-order valence-corrected chi connectivity index (χ4v) is 1.81. The van der Waals surface area contributed by atoms with E-state index in [9.17, 15) is 18.7 Å². The lowest BCUT2D eigenvalue weighted by molar-refractivity contribution is -0.129. The number of halogens is 2. The molecule has 1 unspecified atom stereocenters. The summed E-state index contributed by atoms with van der Waals surface area (Å²) >= 11 is 0. The molecule has 1 saturated carbocycles. The van der Waals surface area contributed by atoms with Crippen molar-refractivity contribution in [1.82, 2.24) is 5.32 Å². The number of aliphatic hydroxyl groups is 1. The second-order valence-corrected chi connectivity index (χ2v) is 4.44. The van der Waals surface area contributed by atoms with Crippen LogP contribution in [0.2, 0.25) is 0 Å². The molecule has 1 fully saturated rings. The number of alkyl halides is 2. The Morgan fingerprint density at radius 3 is 2.56 bits per heavy atom. The van der Waals surface area contributed by atoms with E-state index in [1.165, 1.54) is 0 Å². The van der Waals surface area contributed by atoms with Crippen molar-refractivity contribution in [1.29, 1.82) is 0 Å². The van der Waals surface area contributed by atoms with E-state index in [0.717, 1.165) is 0 Å². The van der Waals surface area contributed by atoms with E-state index in [-0.39, 0.29) is 44.1 Å². The maximum atomic E-state index is 12.8. The Kier molecular flexibility index (Phi) is 4.65. The van der Waals surface area contributed by atoms with Gasteiger partial charge in [-0.15, -0.1) is 0 Å². The van der Waals surface area contributed by atoms with Crippen LogP contribution >= 0.6 is 0 Å². The summed E-state index contributed by atoms with van der Waals surface area (Å²) < 4.78 is 25.7. The predicted molar refractivity (Wildman–Crippen MR) is 56.2 cm³/mol. The molecule has 0 bridgehead atoms. The highest BCUT2D eigenvalue weighted by atomic mass is 19.3. The Morgan fingerprint density at radius 2 is 2.06 bits per heavy atom. The topological polar surface area (TPSA) is 49.3 Å². The lowest BCUT2D eigenvalue weighted by Crippen LogP contribution is -2.39. The van der Waals surface area contributed by atoms with E-state index in [0.29, 0.717) is 6.42 Å². The van der Waals surface area contributed by atoms with Gasteiger partial charge in [-0.05, 0) is 19.3 Å². The maximum Gasteiger partial charge on any atom is 0.248 e. The van der Waals surface area contributed by atoms with Crippen LogP contribution in [-0.4, -0.2) is 29.6 Å². The van der Waals surface area contributed by atoms with Crippen LogP contribution in [0.25, 0.3) is 0 Å². The number of carbonyl (C=O) groups excluding carboxylic acids is 1. The molecule has 0 radical (unpaired) electrons. The highest BCUT2D eigenvalue weighted by Crippen LogP contribution is 2.36. The summed E-state index contributed by atoms with van der Waals surface area (Å²) in [7, 11) is 0. The van der Waals surface area contributed by atoms with Gasteiger partial charge in [0.15, 0.2) is 0 Å². The molecular formula is C11H19F2NO2. The monoisotopic (exact) mass is 235 g/mol. The smallest absolute Gasteiger partial charge is 0.248 e. The fourth-order valence-electron chi connectivity index (χ4n) is 1.81. The van der Waals surface area contributed by atoms with Gasteiger partial charge in [0.05, 0.1) is 6.10 Å². The largest absolute Gasteiger partial charge is 0.391 e. The minimum atomic E-state index is -2.60. The lowest BCUT2D eigenvalue weighted by Gasteiger charge is -2.27. The second-order valence-electron chi connectivity index (χ2n) is 4.44. The SMILES string of the molecule is CCC(O)CNC(=O)C1CCC(F)(F)CC1. The van der Waals surface area contributed by atoms with Gasteiger partial charge in [-0.1, -0.05) is 6.92 Å². The van der Waals surface area contributed by atoms with Crippen LogP contribution in [0.3, 0.4) is 0 Å². The third-order valence-corrected chi connectivity index (χ3v) is 3.07. The highest BCUT2D eigenvalue weighted by molar-refractivity contribution is 5.78. The van der Waals surface area contributed by atoms with Crippen LogP contribution < -0.4 is 5.32 Å². The first-order valence-electron chi connectivity index (χ1n) is 5.78. The molecule has 1 amide bonds. The first-order chi connectivity index (χ1) is 7.44. The van der Waals surface area contributed by atoms with Crippen molar-refractivity contribution in [3.8, 4) is 0 Å². The van der Waals surface area contributed by atoms with Crippen LogP contribution in [0.5, 0.6) is 0 Å². The molecule has 5 heteroatoms. The van der Waals surface area contributed by atoms with Crippen molar-refractivity contribution >= 4 is 5.91 Å². The van der Waals surface area contributed by atoms with Gasteiger partial charge in [0.1, 0.15) is 0 Å². The highest BCUT2D eigenvalue weighted by Gasteiger charge is 2.37.